The number of hydrogen-bond acceptors (Lipinski definition) is 5. The topological polar surface area (TPSA) is 95.7 Å². The van der Waals surface area contributed by atoms with Crippen molar-refractivity contribution in [2.45, 2.75) is 38.3 Å². The second-order valence-corrected chi connectivity index (χ2v) is 6.23. The lowest BCUT2D eigenvalue weighted by atomic mass is 10.1. The summed E-state index contributed by atoms with van der Waals surface area (Å²) >= 11 is 5.97. The van der Waals surface area contributed by atoms with Gasteiger partial charge in [0, 0.05) is 18.2 Å². The van der Waals surface area contributed by atoms with E-state index in [0.29, 0.717) is 12.1 Å². The Hall–Kier alpha value is -1.70. The van der Waals surface area contributed by atoms with Crippen molar-refractivity contribution in [1.82, 2.24) is 4.90 Å². The molecule has 2 rings (SSSR count). The van der Waals surface area contributed by atoms with Gasteiger partial charge in [0.15, 0.2) is 0 Å². The van der Waals surface area contributed by atoms with Gasteiger partial charge in [-0.2, -0.15) is 0 Å². The smallest absolute Gasteiger partial charge is 0.271 e. The van der Waals surface area contributed by atoms with Gasteiger partial charge >= 0.3 is 0 Å². The summed E-state index contributed by atoms with van der Waals surface area (Å²) in [5.74, 6) is -0.224. The number of amides is 1. The van der Waals surface area contributed by atoms with E-state index >= 15 is 0 Å². The summed E-state index contributed by atoms with van der Waals surface area (Å²) in [4.78, 5) is 24.3. The molecular weight excluding hydrogens is 322 g/mol. The fraction of sp³-hybridized carbons (Fsp3) is 0.533. The van der Waals surface area contributed by atoms with Crippen LogP contribution in [-0.2, 0) is 4.79 Å². The molecule has 0 radical (unpaired) electrons. The predicted molar refractivity (Wildman–Crippen MR) is 87.6 cm³/mol. The first-order valence-electron chi connectivity index (χ1n) is 7.52. The first-order valence-corrected chi connectivity index (χ1v) is 7.90. The van der Waals surface area contributed by atoms with Crippen molar-refractivity contribution in [3.8, 4) is 0 Å². The number of nitrogens with one attached hydrogen (secondary N) is 1. The maximum absolute atomic E-state index is 12.2. The standard InChI is InChI=1S/C15H20ClN3O4/c1-10(20)7-11-3-2-6-18(11)9-15(21)17-14-5-4-12(19(22)23)8-13(14)16/h4-5,8,10-11,20H,2-3,6-7,9H2,1H3,(H,17,21). The second-order valence-electron chi connectivity index (χ2n) is 5.82. The number of carbonyl (C=O) groups is 1. The normalized spacial score (nSPS) is 19.5. The molecule has 0 spiro atoms. The van der Waals surface area contributed by atoms with Crippen LogP contribution < -0.4 is 5.32 Å². The number of benzene rings is 1. The molecular formula is C15H20ClN3O4. The van der Waals surface area contributed by atoms with Crippen LogP contribution in [0.25, 0.3) is 0 Å². The minimum atomic E-state index is -0.539. The molecule has 1 amide bonds. The van der Waals surface area contributed by atoms with Gasteiger partial charge in [0.25, 0.3) is 5.69 Å². The lowest BCUT2D eigenvalue weighted by Crippen LogP contribution is -2.38. The zero-order valence-corrected chi connectivity index (χ0v) is 13.6. The molecule has 1 aliphatic rings. The van der Waals surface area contributed by atoms with Crippen LogP contribution in [0.3, 0.4) is 0 Å². The number of carbonyl (C=O) groups excluding carboxylic acids is 1. The molecule has 1 saturated heterocycles. The molecule has 1 fully saturated rings. The molecule has 2 N–H and O–H groups in total. The average molecular weight is 342 g/mol. The molecule has 1 aromatic carbocycles. The fourth-order valence-corrected chi connectivity index (χ4v) is 3.08. The zero-order chi connectivity index (χ0) is 17.0. The van der Waals surface area contributed by atoms with Crippen molar-refractivity contribution in [1.29, 1.82) is 0 Å². The van der Waals surface area contributed by atoms with Gasteiger partial charge in [0.05, 0.1) is 28.3 Å². The number of nitro benzene ring substituents is 1. The summed E-state index contributed by atoms with van der Waals surface area (Å²) in [6.45, 7) is 2.77. The van der Waals surface area contributed by atoms with Crippen LogP contribution in [-0.4, -0.2) is 46.1 Å². The average Bonchev–Trinajstić information content (AvgIpc) is 2.87. The number of rotatable bonds is 6. The maximum atomic E-state index is 12.2. The number of aliphatic hydroxyl groups excluding tert-OH is 1. The molecule has 23 heavy (non-hydrogen) atoms. The lowest BCUT2D eigenvalue weighted by molar-refractivity contribution is -0.384. The third kappa shape index (κ3) is 4.89. The van der Waals surface area contributed by atoms with E-state index in [9.17, 15) is 20.0 Å². The van der Waals surface area contributed by atoms with Crippen LogP contribution in [0.5, 0.6) is 0 Å². The van der Waals surface area contributed by atoms with Gasteiger partial charge in [-0.3, -0.25) is 19.8 Å². The molecule has 2 unspecified atom stereocenters. The van der Waals surface area contributed by atoms with Crippen molar-refractivity contribution < 1.29 is 14.8 Å². The summed E-state index contributed by atoms with van der Waals surface area (Å²) in [6.07, 6.45) is 2.22. The molecule has 1 heterocycles. The minimum Gasteiger partial charge on any atom is -0.393 e. The second kappa shape index (κ2) is 7.72. The van der Waals surface area contributed by atoms with Gasteiger partial charge in [-0.25, -0.2) is 0 Å². The van der Waals surface area contributed by atoms with E-state index in [0.717, 1.165) is 19.4 Å². The van der Waals surface area contributed by atoms with E-state index in [1.54, 1.807) is 6.92 Å². The molecule has 0 aliphatic carbocycles. The van der Waals surface area contributed by atoms with Gasteiger partial charge in [0.2, 0.25) is 5.91 Å². The van der Waals surface area contributed by atoms with Crippen molar-refractivity contribution in [2.24, 2.45) is 0 Å². The SMILES string of the molecule is CC(O)CC1CCCN1CC(=O)Nc1ccc([N+](=O)[O-])cc1Cl. The molecule has 0 bridgehead atoms. The van der Waals surface area contributed by atoms with Crippen LogP contribution in [0.15, 0.2) is 18.2 Å². The monoisotopic (exact) mass is 341 g/mol. The summed E-state index contributed by atoms with van der Waals surface area (Å²) in [7, 11) is 0. The van der Waals surface area contributed by atoms with Crippen LogP contribution in [0.1, 0.15) is 26.2 Å². The molecule has 126 valence electrons. The quantitative estimate of drug-likeness (QED) is 0.612. The van der Waals surface area contributed by atoms with E-state index in [-0.39, 0.29) is 29.2 Å². The first-order chi connectivity index (χ1) is 10.9. The van der Waals surface area contributed by atoms with Gasteiger partial charge < -0.3 is 10.4 Å². The molecule has 0 saturated carbocycles. The van der Waals surface area contributed by atoms with Crippen molar-refractivity contribution in [3.05, 3.63) is 33.3 Å². The third-order valence-electron chi connectivity index (χ3n) is 3.90. The number of halogens is 1. The largest absolute Gasteiger partial charge is 0.393 e. The number of anilines is 1. The highest BCUT2D eigenvalue weighted by atomic mass is 35.5. The lowest BCUT2D eigenvalue weighted by Gasteiger charge is -2.24. The molecule has 8 heteroatoms. The van der Waals surface area contributed by atoms with Crippen molar-refractivity contribution >= 4 is 28.9 Å². The van der Waals surface area contributed by atoms with Crippen molar-refractivity contribution in [2.75, 3.05) is 18.4 Å². The highest BCUT2D eigenvalue weighted by Gasteiger charge is 2.27. The van der Waals surface area contributed by atoms with E-state index in [2.05, 4.69) is 5.32 Å². The van der Waals surface area contributed by atoms with Gasteiger partial charge in [0.1, 0.15) is 0 Å². The number of nitro groups is 1. The third-order valence-corrected chi connectivity index (χ3v) is 4.21. The maximum Gasteiger partial charge on any atom is 0.271 e. The minimum absolute atomic E-state index is 0.121. The number of likely N-dealkylation sites (tertiary alicyclic amines) is 1. The Bertz CT molecular complexity index is 594. The van der Waals surface area contributed by atoms with Crippen LogP contribution in [0.2, 0.25) is 5.02 Å². The highest BCUT2D eigenvalue weighted by molar-refractivity contribution is 6.34. The summed E-state index contributed by atoms with van der Waals surface area (Å²) in [5, 5.41) is 23.0. The van der Waals surface area contributed by atoms with Crippen LogP contribution in [0, 0.1) is 10.1 Å². The zero-order valence-electron chi connectivity index (χ0n) is 12.9. The molecule has 1 aromatic rings. The number of aliphatic hydroxyl groups is 1. The van der Waals surface area contributed by atoms with E-state index in [1.807, 2.05) is 4.90 Å². The number of hydrogen-bond donors (Lipinski definition) is 2. The van der Waals surface area contributed by atoms with E-state index < -0.39 is 11.0 Å². The Kier molecular flexibility index (Phi) is 5.92. The van der Waals surface area contributed by atoms with Crippen molar-refractivity contribution in [3.63, 3.8) is 0 Å². The van der Waals surface area contributed by atoms with Gasteiger partial charge in [-0.05, 0) is 38.8 Å². The van der Waals surface area contributed by atoms with E-state index in [1.165, 1.54) is 18.2 Å². The number of nitrogens with zero attached hydrogens (tertiary/aromatic N) is 2. The molecule has 2 atom stereocenters. The van der Waals surface area contributed by atoms with Crippen LogP contribution >= 0.6 is 11.6 Å². The van der Waals surface area contributed by atoms with E-state index in [4.69, 9.17) is 11.6 Å². The van der Waals surface area contributed by atoms with Gasteiger partial charge in [-0.1, -0.05) is 11.6 Å². The predicted octanol–water partition coefficient (Wildman–Crippen LogP) is 2.42. The first kappa shape index (κ1) is 17.7. The Labute approximate surface area is 139 Å². The van der Waals surface area contributed by atoms with Gasteiger partial charge in [-0.15, -0.1) is 0 Å². The Morgan fingerprint density at radius 1 is 1.61 bits per heavy atom. The highest BCUT2D eigenvalue weighted by Crippen LogP contribution is 2.27. The summed E-state index contributed by atoms with van der Waals surface area (Å²) in [6, 6.07) is 4.14. The Morgan fingerprint density at radius 3 is 2.96 bits per heavy atom. The summed E-state index contributed by atoms with van der Waals surface area (Å²) in [5.41, 5.74) is 0.234. The molecule has 1 aliphatic heterocycles. The number of non-ortho nitro benzene ring substituents is 1. The Morgan fingerprint density at radius 2 is 2.35 bits per heavy atom. The molecule has 7 nitrogen and oxygen atoms in total. The Balaban J connectivity index is 1.95. The van der Waals surface area contributed by atoms with Crippen LogP contribution in [0.4, 0.5) is 11.4 Å². The molecule has 0 aromatic heterocycles. The fourth-order valence-electron chi connectivity index (χ4n) is 2.86. The summed E-state index contributed by atoms with van der Waals surface area (Å²) < 4.78 is 0.